The van der Waals surface area contributed by atoms with E-state index in [1.807, 2.05) is 18.5 Å². The van der Waals surface area contributed by atoms with E-state index in [0.717, 1.165) is 43.6 Å². The van der Waals surface area contributed by atoms with Gasteiger partial charge in [-0.3, -0.25) is 4.79 Å². The monoisotopic (exact) mass is 442 g/mol. The highest BCUT2D eigenvalue weighted by Gasteiger charge is 2.32. The molecule has 2 fully saturated rings. The molecule has 0 bridgehead atoms. The van der Waals surface area contributed by atoms with Crippen LogP contribution in [0.5, 0.6) is 0 Å². The summed E-state index contributed by atoms with van der Waals surface area (Å²) in [6, 6.07) is 21.4. The number of nitrogens with zero attached hydrogens (tertiary/aromatic N) is 3. The van der Waals surface area contributed by atoms with Crippen molar-refractivity contribution in [1.29, 1.82) is 0 Å². The van der Waals surface area contributed by atoms with Crippen LogP contribution in [0.1, 0.15) is 60.6 Å². The van der Waals surface area contributed by atoms with E-state index in [1.165, 1.54) is 31.2 Å². The molecule has 1 saturated heterocycles. The van der Waals surface area contributed by atoms with Crippen molar-refractivity contribution in [3.63, 3.8) is 0 Å². The summed E-state index contributed by atoms with van der Waals surface area (Å²) in [5.41, 5.74) is 3.93. The average molecular weight is 443 g/mol. The van der Waals surface area contributed by atoms with Gasteiger partial charge in [0.05, 0.1) is 12.0 Å². The van der Waals surface area contributed by atoms with E-state index in [9.17, 15) is 4.79 Å². The third kappa shape index (κ3) is 4.88. The van der Waals surface area contributed by atoms with Gasteiger partial charge in [-0.25, -0.2) is 4.98 Å². The summed E-state index contributed by atoms with van der Waals surface area (Å²) < 4.78 is 2.31. The zero-order valence-electron chi connectivity index (χ0n) is 19.3. The molecule has 1 amide bonds. The van der Waals surface area contributed by atoms with Crippen LogP contribution in [-0.2, 0) is 6.42 Å². The van der Waals surface area contributed by atoms with Gasteiger partial charge in [-0.15, -0.1) is 0 Å². The standard InChI is InChI=1S/C28H34N4O/c33-28(31-18-17-29-20-25(31)19-22-11-5-3-6-12-22)26-27(23-13-7-4-8-14-23)32(21-30-26)24-15-9-1-2-10-16-24/h3-8,11-14,21,24-25,29H,1-2,9-10,15-20H2/t25-/m1/s1. The van der Waals surface area contributed by atoms with Crippen LogP contribution in [0.3, 0.4) is 0 Å². The van der Waals surface area contributed by atoms with Crippen molar-refractivity contribution in [2.45, 2.75) is 57.0 Å². The van der Waals surface area contributed by atoms with Gasteiger partial charge in [0.2, 0.25) is 0 Å². The Labute approximate surface area is 196 Å². The molecule has 1 aromatic heterocycles. The molecule has 2 aromatic carbocycles. The summed E-state index contributed by atoms with van der Waals surface area (Å²) in [5.74, 6) is 0.0589. The SMILES string of the molecule is O=C(c1ncn(C2CCCCCC2)c1-c1ccccc1)N1CCNC[C@H]1Cc1ccccc1. The fraction of sp³-hybridized carbons (Fsp3) is 0.429. The number of rotatable bonds is 5. The lowest BCUT2D eigenvalue weighted by atomic mass is 10.0. The molecule has 2 heterocycles. The van der Waals surface area contributed by atoms with Crippen LogP contribution in [0.15, 0.2) is 67.0 Å². The molecule has 172 valence electrons. The molecule has 5 heteroatoms. The first-order chi connectivity index (χ1) is 16.3. The van der Waals surface area contributed by atoms with Gasteiger partial charge in [-0.05, 0) is 24.8 Å². The highest BCUT2D eigenvalue weighted by Crippen LogP contribution is 2.34. The van der Waals surface area contributed by atoms with E-state index in [4.69, 9.17) is 4.98 Å². The molecular formula is C28H34N4O. The lowest BCUT2D eigenvalue weighted by Crippen LogP contribution is -2.54. The Balaban J connectivity index is 1.49. The number of aromatic nitrogens is 2. The second kappa shape index (κ2) is 10.3. The fourth-order valence-electron chi connectivity index (χ4n) is 5.45. The fourth-order valence-corrected chi connectivity index (χ4v) is 5.45. The Hall–Kier alpha value is -2.92. The van der Waals surface area contributed by atoms with Gasteiger partial charge in [0.1, 0.15) is 0 Å². The lowest BCUT2D eigenvalue weighted by Gasteiger charge is -2.36. The van der Waals surface area contributed by atoms with Crippen molar-refractivity contribution < 1.29 is 4.79 Å². The van der Waals surface area contributed by atoms with E-state index in [2.05, 4.69) is 63.3 Å². The molecule has 2 aliphatic rings. The van der Waals surface area contributed by atoms with Crippen LogP contribution < -0.4 is 5.32 Å². The first-order valence-corrected chi connectivity index (χ1v) is 12.5. The molecular weight excluding hydrogens is 408 g/mol. The summed E-state index contributed by atoms with van der Waals surface area (Å²) >= 11 is 0. The van der Waals surface area contributed by atoms with Gasteiger partial charge in [-0.1, -0.05) is 86.3 Å². The maximum absolute atomic E-state index is 14.0. The predicted molar refractivity (Wildman–Crippen MR) is 132 cm³/mol. The quantitative estimate of drug-likeness (QED) is 0.559. The molecule has 1 aliphatic carbocycles. The molecule has 0 unspecified atom stereocenters. The molecule has 0 radical (unpaired) electrons. The third-order valence-electron chi connectivity index (χ3n) is 7.19. The smallest absolute Gasteiger partial charge is 0.275 e. The van der Waals surface area contributed by atoms with Crippen molar-refractivity contribution in [2.75, 3.05) is 19.6 Å². The highest BCUT2D eigenvalue weighted by molar-refractivity contribution is 5.98. The molecule has 1 atom stereocenters. The van der Waals surface area contributed by atoms with Gasteiger partial charge in [0.15, 0.2) is 5.69 Å². The van der Waals surface area contributed by atoms with E-state index in [0.29, 0.717) is 18.3 Å². The minimum absolute atomic E-state index is 0.0589. The zero-order valence-corrected chi connectivity index (χ0v) is 19.3. The van der Waals surface area contributed by atoms with Crippen LogP contribution in [0.4, 0.5) is 0 Å². The first-order valence-electron chi connectivity index (χ1n) is 12.5. The largest absolute Gasteiger partial charge is 0.331 e. The van der Waals surface area contributed by atoms with Gasteiger partial charge in [0.25, 0.3) is 5.91 Å². The van der Waals surface area contributed by atoms with Crippen LogP contribution in [0, 0.1) is 0 Å². The van der Waals surface area contributed by atoms with Gasteiger partial charge in [-0.2, -0.15) is 0 Å². The molecule has 5 rings (SSSR count). The normalized spacial score (nSPS) is 19.9. The Bertz CT molecular complexity index is 1040. The maximum atomic E-state index is 14.0. The molecule has 1 saturated carbocycles. The number of carbonyl (C=O) groups is 1. The number of carbonyl (C=O) groups excluding carboxylic acids is 1. The molecule has 33 heavy (non-hydrogen) atoms. The maximum Gasteiger partial charge on any atom is 0.275 e. The molecule has 3 aromatic rings. The lowest BCUT2D eigenvalue weighted by molar-refractivity contribution is 0.0631. The summed E-state index contributed by atoms with van der Waals surface area (Å²) in [5, 5.41) is 3.48. The number of amides is 1. The summed E-state index contributed by atoms with van der Waals surface area (Å²) in [4.78, 5) is 20.8. The van der Waals surface area contributed by atoms with Gasteiger partial charge >= 0.3 is 0 Å². The number of hydrogen-bond acceptors (Lipinski definition) is 3. The van der Waals surface area contributed by atoms with Crippen LogP contribution in [0.25, 0.3) is 11.3 Å². The summed E-state index contributed by atoms with van der Waals surface area (Å²) in [6.07, 6.45) is 10.2. The highest BCUT2D eigenvalue weighted by atomic mass is 16.2. The van der Waals surface area contributed by atoms with E-state index in [1.54, 1.807) is 0 Å². The van der Waals surface area contributed by atoms with Crippen molar-refractivity contribution in [2.24, 2.45) is 0 Å². The minimum Gasteiger partial charge on any atom is -0.331 e. The summed E-state index contributed by atoms with van der Waals surface area (Å²) in [6.45, 7) is 2.34. The van der Waals surface area contributed by atoms with Crippen LogP contribution in [-0.4, -0.2) is 46.0 Å². The second-order valence-electron chi connectivity index (χ2n) is 9.41. The summed E-state index contributed by atoms with van der Waals surface area (Å²) in [7, 11) is 0. The number of piperazine rings is 1. The minimum atomic E-state index is 0.0589. The van der Waals surface area contributed by atoms with Crippen molar-refractivity contribution in [1.82, 2.24) is 19.8 Å². The number of imidazole rings is 1. The second-order valence-corrected chi connectivity index (χ2v) is 9.41. The Morgan fingerprint density at radius 2 is 1.64 bits per heavy atom. The Kier molecular flexibility index (Phi) is 6.87. The Morgan fingerprint density at radius 3 is 2.36 bits per heavy atom. The molecule has 1 N–H and O–H groups in total. The molecule has 5 nitrogen and oxygen atoms in total. The number of benzene rings is 2. The zero-order chi connectivity index (χ0) is 22.5. The predicted octanol–water partition coefficient (Wildman–Crippen LogP) is 5.10. The van der Waals surface area contributed by atoms with Gasteiger partial charge in [0, 0.05) is 37.3 Å². The molecule has 1 aliphatic heterocycles. The molecule has 0 spiro atoms. The van der Waals surface area contributed by atoms with Crippen molar-refractivity contribution in [3.8, 4) is 11.3 Å². The van der Waals surface area contributed by atoms with Gasteiger partial charge < -0.3 is 14.8 Å². The number of nitrogens with one attached hydrogen (secondary N) is 1. The van der Waals surface area contributed by atoms with E-state index in [-0.39, 0.29) is 11.9 Å². The van der Waals surface area contributed by atoms with Crippen molar-refractivity contribution >= 4 is 5.91 Å². The number of hydrogen-bond donors (Lipinski definition) is 1. The topological polar surface area (TPSA) is 50.2 Å². The van der Waals surface area contributed by atoms with Crippen LogP contribution >= 0.6 is 0 Å². The Morgan fingerprint density at radius 1 is 0.939 bits per heavy atom. The third-order valence-corrected chi connectivity index (χ3v) is 7.19. The van der Waals surface area contributed by atoms with E-state index >= 15 is 0 Å². The first kappa shape index (κ1) is 21.9. The average Bonchev–Trinajstić information content (AvgIpc) is 3.13. The van der Waals surface area contributed by atoms with E-state index < -0.39 is 0 Å². The van der Waals surface area contributed by atoms with Crippen LogP contribution in [0.2, 0.25) is 0 Å². The van der Waals surface area contributed by atoms with Crippen molar-refractivity contribution in [3.05, 3.63) is 78.2 Å².